The molecule has 1 aromatic heterocycles. The molecule has 1 aromatic rings. The van der Waals surface area contributed by atoms with Crippen molar-refractivity contribution in [2.24, 2.45) is 5.92 Å². The zero-order valence-electron chi connectivity index (χ0n) is 11.9. The number of pyridine rings is 1. The molecule has 1 aliphatic heterocycles. The highest BCUT2D eigenvalue weighted by molar-refractivity contribution is 5.85. The number of rotatable bonds is 4. The molecule has 1 aliphatic rings. The number of hydrogen-bond donors (Lipinski definition) is 2. The van der Waals surface area contributed by atoms with Gasteiger partial charge in [0.2, 0.25) is 11.8 Å². The van der Waals surface area contributed by atoms with Gasteiger partial charge in [-0.25, -0.2) is 4.98 Å². The van der Waals surface area contributed by atoms with E-state index in [1.165, 1.54) is 0 Å². The van der Waals surface area contributed by atoms with Gasteiger partial charge in [-0.1, -0.05) is 6.07 Å². The predicted molar refractivity (Wildman–Crippen MR) is 80.1 cm³/mol. The van der Waals surface area contributed by atoms with Crippen LogP contribution in [0.4, 0.5) is 0 Å². The third kappa shape index (κ3) is 4.65. The van der Waals surface area contributed by atoms with Gasteiger partial charge < -0.3 is 15.4 Å². The molecule has 2 atom stereocenters. The van der Waals surface area contributed by atoms with Gasteiger partial charge in [0.1, 0.15) is 0 Å². The average Bonchev–Trinajstić information content (AvgIpc) is 2.45. The number of methoxy groups -OCH3 is 1. The first-order valence-electron chi connectivity index (χ1n) is 6.69. The number of halogens is 1. The maximum absolute atomic E-state index is 12.1. The largest absolute Gasteiger partial charge is 0.481 e. The number of carbonyl (C=O) groups excluding carboxylic acids is 1. The molecule has 0 aromatic carbocycles. The van der Waals surface area contributed by atoms with Crippen molar-refractivity contribution in [2.75, 3.05) is 13.7 Å². The lowest BCUT2D eigenvalue weighted by Crippen LogP contribution is -2.42. The van der Waals surface area contributed by atoms with E-state index in [0.717, 1.165) is 24.9 Å². The monoisotopic (exact) mass is 299 g/mol. The third-order valence-corrected chi connectivity index (χ3v) is 3.47. The summed E-state index contributed by atoms with van der Waals surface area (Å²) in [5.41, 5.74) is 0.983. The number of piperidine rings is 1. The summed E-state index contributed by atoms with van der Waals surface area (Å²) in [5.74, 6) is 0.855. The van der Waals surface area contributed by atoms with E-state index in [9.17, 15) is 4.79 Å². The molecule has 2 N–H and O–H groups in total. The van der Waals surface area contributed by atoms with Gasteiger partial charge in [-0.2, -0.15) is 0 Å². The van der Waals surface area contributed by atoms with Gasteiger partial charge in [0.25, 0.3) is 0 Å². The Kier molecular flexibility index (Phi) is 6.75. The first-order chi connectivity index (χ1) is 9.19. The van der Waals surface area contributed by atoms with Crippen molar-refractivity contribution in [1.29, 1.82) is 0 Å². The van der Waals surface area contributed by atoms with Crippen molar-refractivity contribution in [3.05, 3.63) is 23.9 Å². The molecular formula is C14H22ClN3O2. The second-order valence-electron chi connectivity index (χ2n) is 5.00. The molecule has 6 heteroatoms. The molecule has 1 amide bonds. The third-order valence-electron chi connectivity index (χ3n) is 3.47. The van der Waals surface area contributed by atoms with E-state index in [1.807, 2.05) is 6.07 Å². The Hall–Kier alpha value is -1.33. The van der Waals surface area contributed by atoms with Crippen LogP contribution < -0.4 is 15.4 Å². The standard InChI is InChI=1S/C14H21N3O2.ClH/c1-10-7-12(5-6-15-10)14(18)17-9-11-3-4-13(19-2)16-8-11;/h3-4,8,10,12,15H,5-7,9H2,1-2H3,(H,17,18);1H/t10-,12-;/m0./s1. The summed E-state index contributed by atoms with van der Waals surface area (Å²) in [5, 5.41) is 6.33. The fourth-order valence-corrected chi connectivity index (χ4v) is 2.34. The Morgan fingerprint density at radius 3 is 2.95 bits per heavy atom. The van der Waals surface area contributed by atoms with Gasteiger partial charge in [-0.05, 0) is 31.9 Å². The normalized spacial score (nSPS) is 21.7. The SMILES string of the molecule is COc1ccc(CNC(=O)[C@H]2CCN[C@@H](C)C2)cn1.Cl. The van der Waals surface area contributed by atoms with Crippen LogP contribution in [-0.2, 0) is 11.3 Å². The number of nitrogens with zero attached hydrogens (tertiary/aromatic N) is 1. The second kappa shape index (κ2) is 8.07. The molecular weight excluding hydrogens is 278 g/mol. The van der Waals surface area contributed by atoms with Crippen molar-refractivity contribution in [2.45, 2.75) is 32.4 Å². The Labute approximate surface area is 125 Å². The minimum atomic E-state index is 0. The molecule has 2 heterocycles. The van der Waals surface area contributed by atoms with Gasteiger partial charge in [-0.15, -0.1) is 12.4 Å². The quantitative estimate of drug-likeness (QED) is 0.885. The molecule has 0 saturated carbocycles. The molecule has 1 saturated heterocycles. The van der Waals surface area contributed by atoms with E-state index in [2.05, 4.69) is 22.5 Å². The fraction of sp³-hybridized carbons (Fsp3) is 0.571. The van der Waals surface area contributed by atoms with Crippen molar-refractivity contribution in [3.8, 4) is 5.88 Å². The molecule has 5 nitrogen and oxygen atoms in total. The second-order valence-corrected chi connectivity index (χ2v) is 5.00. The molecule has 0 bridgehead atoms. The molecule has 2 rings (SSSR count). The fourth-order valence-electron chi connectivity index (χ4n) is 2.34. The summed E-state index contributed by atoms with van der Waals surface area (Å²) in [7, 11) is 1.59. The van der Waals surface area contributed by atoms with Crippen LogP contribution in [-0.4, -0.2) is 30.6 Å². The summed E-state index contributed by atoms with van der Waals surface area (Å²) in [6.07, 6.45) is 3.55. The highest BCUT2D eigenvalue weighted by Crippen LogP contribution is 2.16. The summed E-state index contributed by atoms with van der Waals surface area (Å²) in [6.45, 7) is 3.56. The first kappa shape index (κ1) is 16.7. The van der Waals surface area contributed by atoms with Crippen LogP contribution in [0.25, 0.3) is 0 Å². The number of ether oxygens (including phenoxy) is 1. The van der Waals surface area contributed by atoms with Crippen LogP contribution in [0.5, 0.6) is 5.88 Å². The Balaban J connectivity index is 0.00000200. The number of aromatic nitrogens is 1. The van der Waals surface area contributed by atoms with E-state index in [4.69, 9.17) is 4.74 Å². The van der Waals surface area contributed by atoms with Gasteiger partial charge >= 0.3 is 0 Å². The average molecular weight is 300 g/mol. The maximum atomic E-state index is 12.1. The Morgan fingerprint density at radius 2 is 2.35 bits per heavy atom. The van der Waals surface area contributed by atoms with Crippen molar-refractivity contribution in [3.63, 3.8) is 0 Å². The van der Waals surface area contributed by atoms with Crippen LogP contribution in [0, 0.1) is 5.92 Å². The van der Waals surface area contributed by atoms with Gasteiger partial charge in [0.15, 0.2) is 0 Å². The van der Waals surface area contributed by atoms with Crippen molar-refractivity contribution >= 4 is 18.3 Å². The van der Waals surface area contributed by atoms with Crippen molar-refractivity contribution < 1.29 is 9.53 Å². The summed E-state index contributed by atoms with van der Waals surface area (Å²) >= 11 is 0. The van der Waals surface area contributed by atoms with Crippen molar-refractivity contribution in [1.82, 2.24) is 15.6 Å². The summed E-state index contributed by atoms with van der Waals surface area (Å²) in [4.78, 5) is 16.2. The summed E-state index contributed by atoms with van der Waals surface area (Å²) in [6, 6.07) is 4.14. The van der Waals surface area contributed by atoms with E-state index in [-0.39, 0.29) is 24.2 Å². The number of amides is 1. The van der Waals surface area contributed by atoms with Crippen LogP contribution >= 0.6 is 12.4 Å². The molecule has 0 spiro atoms. The summed E-state index contributed by atoms with van der Waals surface area (Å²) < 4.78 is 5.00. The maximum Gasteiger partial charge on any atom is 0.223 e. The van der Waals surface area contributed by atoms with Crippen LogP contribution in [0.2, 0.25) is 0 Å². The molecule has 1 fully saturated rings. The van der Waals surface area contributed by atoms with Gasteiger partial charge in [0.05, 0.1) is 7.11 Å². The molecule has 20 heavy (non-hydrogen) atoms. The van der Waals surface area contributed by atoms with E-state index >= 15 is 0 Å². The van der Waals surface area contributed by atoms with Gasteiger partial charge in [-0.3, -0.25) is 4.79 Å². The zero-order chi connectivity index (χ0) is 13.7. The zero-order valence-corrected chi connectivity index (χ0v) is 12.7. The lowest BCUT2D eigenvalue weighted by atomic mass is 9.92. The number of carbonyl (C=O) groups is 1. The molecule has 0 unspecified atom stereocenters. The molecule has 0 aliphatic carbocycles. The van der Waals surface area contributed by atoms with E-state index in [1.54, 1.807) is 19.4 Å². The van der Waals surface area contributed by atoms with E-state index in [0.29, 0.717) is 18.5 Å². The lowest BCUT2D eigenvalue weighted by molar-refractivity contribution is -0.126. The number of nitrogens with one attached hydrogen (secondary N) is 2. The minimum absolute atomic E-state index is 0. The molecule has 112 valence electrons. The first-order valence-corrected chi connectivity index (χ1v) is 6.69. The number of hydrogen-bond acceptors (Lipinski definition) is 4. The highest BCUT2D eigenvalue weighted by atomic mass is 35.5. The van der Waals surface area contributed by atoms with E-state index < -0.39 is 0 Å². The Morgan fingerprint density at radius 1 is 1.55 bits per heavy atom. The predicted octanol–water partition coefficient (Wildman–Crippen LogP) is 1.52. The lowest BCUT2D eigenvalue weighted by Gasteiger charge is -2.27. The van der Waals surface area contributed by atoms with Crippen LogP contribution in [0.1, 0.15) is 25.3 Å². The Bertz CT molecular complexity index is 425. The van der Waals surface area contributed by atoms with Crippen LogP contribution in [0.15, 0.2) is 18.3 Å². The minimum Gasteiger partial charge on any atom is -0.481 e. The van der Waals surface area contributed by atoms with Crippen LogP contribution in [0.3, 0.4) is 0 Å². The highest BCUT2D eigenvalue weighted by Gasteiger charge is 2.24. The topological polar surface area (TPSA) is 63.2 Å². The van der Waals surface area contributed by atoms with Gasteiger partial charge in [0, 0.05) is 30.8 Å². The molecule has 0 radical (unpaired) electrons. The smallest absolute Gasteiger partial charge is 0.223 e.